The molecule has 1 aliphatic rings. The van der Waals surface area contributed by atoms with Crippen LogP contribution in [0.15, 0.2) is 42.6 Å². The smallest absolute Gasteiger partial charge is 0.231 e. The van der Waals surface area contributed by atoms with Crippen molar-refractivity contribution in [3.8, 4) is 17.6 Å². The topological polar surface area (TPSA) is 67.2 Å². The molecule has 0 aliphatic carbocycles. The van der Waals surface area contributed by atoms with Crippen molar-refractivity contribution in [3.05, 3.63) is 53.7 Å². The van der Waals surface area contributed by atoms with Gasteiger partial charge in [-0.05, 0) is 36.2 Å². The van der Waals surface area contributed by atoms with Gasteiger partial charge in [0.05, 0.1) is 16.8 Å². The molecule has 1 aromatic heterocycles. The molecule has 118 valence electrons. The van der Waals surface area contributed by atoms with E-state index in [4.69, 9.17) is 9.47 Å². The van der Waals surface area contributed by atoms with Gasteiger partial charge in [0.25, 0.3) is 0 Å². The number of nitrogens with one attached hydrogen (secondary N) is 1. The number of hydrogen-bond acceptors (Lipinski definition) is 5. The summed E-state index contributed by atoms with van der Waals surface area (Å²) < 4.78 is 10.8. The maximum absolute atomic E-state index is 9.46. The number of aryl methyl sites for hydroxylation is 1. The molecule has 0 spiro atoms. The van der Waals surface area contributed by atoms with Gasteiger partial charge in [-0.1, -0.05) is 13.0 Å². The lowest BCUT2D eigenvalue weighted by molar-refractivity contribution is 0.174. The third-order valence-corrected chi connectivity index (χ3v) is 4.10. The second kappa shape index (κ2) is 5.74. The summed E-state index contributed by atoms with van der Waals surface area (Å²) in [6.45, 7) is 2.34. The first-order valence-corrected chi connectivity index (χ1v) is 7.77. The van der Waals surface area contributed by atoms with Crippen LogP contribution in [0.3, 0.4) is 0 Å². The van der Waals surface area contributed by atoms with Gasteiger partial charge < -0.3 is 14.8 Å². The van der Waals surface area contributed by atoms with Gasteiger partial charge in [-0.2, -0.15) is 5.26 Å². The van der Waals surface area contributed by atoms with E-state index in [1.54, 1.807) is 6.20 Å². The third-order valence-electron chi connectivity index (χ3n) is 4.10. The van der Waals surface area contributed by atoms with Gasteiger partial charge in [-0.25, -0.2) is 0 Å². The predicted octanol–water partition coefficient (Wildman–Crippen LogP) is 4.14. The minimum Gasteiger partial charge on any atom is -0.454 e. The minimum atomic E-state index is 0.236. The zero-order valence-corrected chi connectivity index (χ0v) is 13.2. The maximum Gasteiger partial charge on any atom is 0.231 e. The molecule has 0 fully saturated rings. The first kappa shape index (κ1) is 14.3. The van der Waals surface area contributed by atoms with Crippen LogP contribution >= 0.6 is 0 Å². The summed E-state index contributed by atoms with van der Waals surface area (Å²) in [7, 11) is 0. The fourth-order valence-electron chi connectivity index (χ4n) is 2.80. The van der Waals surface area contributed by atoms with Gasteiger partial charge in [0.2, 0.25) is 6.79 Å². The average molecular weight is 317 g/mol. The minimum absolute atomic E-state index is 0.236. The summed E-state index contributed by atoms with van der Waals surface area (Å²) in [4.78, 5) is 4.38. The van der Waals surface area contributed by atoms with Gasteiger partial charge in [0.1, 0.15) is 6.07 Å². The first-order chi connectivity index (χ1) is 11.8. The second-order valence-corrected chi connectivity index (χ2v) is 5.56. The van der Waals surface area contributed by atoms with Gasteiger partial charge in [-0.3, -0.25) is 4.98 Å². The van der Waals surface area contributed by atoms with Gasteiger partial charge in [0, 0.05) is 23.3 Å². The van der Waals surface area contributed by atoms with E-state index in [2.05, 4.69) is 35.4 Å². The molecule has 0 radical (unpaired) electrons. The molecule has 3 aromatic rings. The highest BCUT2D eigenvalue weighted by Crippen LogP contribution is 2.36. The van der Waals surface area contributed by atoms with Crippen LogP contribution < -0.4 is 14.8 Å². The summed E-state index contributed by atoms with van der Waals surface area (Å²) in [5, 5.41) is 13.7. The van der Waals surface area contributed by atoms with Crippen molar-refractivity contribution >= 4 is 22.3 Å². The molecule has 2 heterocycles. The van der Waals surface area contributed by atoms with E-state index >= 15 is 0 Å². The summed E-state index contributed by atoms with van der Waals surface area (Å²) >= 11 is 0. The number of ether oxygens (including phenoxy) is 2. The second-order valence-electron chi connectivity index (χ2n) is 5.56. The lowest BCUT2D eigenvalue weighted by Gasteiger charge is -2.12. The highest BCUT2D eigenvalue weighted by atomic mass is 16.7. The van der Waals surface area contributed by atoms with Crippen LogP contribution in [-0.4, -0.2) is 11.8 Å². The lowest BCUT2D eigenvalue weighted by Crippen LogP contribution is -1.97. The Kier molecular flexibility index (Phi) is 3.43. The SMILES string of the molecule is CCc1ccc2ncc(C#N)c(Nc3ccc4c(c3)OCO4)c2c1. The van der Waals surface area contributed by atoms with Crippen LogP contribution in [-0.2, 0) is 6.42 Å². The summed E-state index contributed by atoms with van der Waals surface area (Å²) in [5.41, 5.74) is 4.16. The Bertz CT molecular complexity index is 976. The quantitative estimate of drug-likeness (QED) is 0.786. The lowest BCUT2D eigenvalue weighted by atomic mass is 10.0. The van der Waals surface area contributed by atoms with Crippen molar-refractivity contribution in [2.45, 2.75) is 13.3 Å². The number of benzene rings is 2. The predicted molar refractivity (Wildman–Crippen MR) is 91.7 cm³/mol. The molecule has 0 unspecified atom stereocenters. The van der Waals surface area contributed by atoms with Gasteiger partial charge >= 0.3 is 0 Å². The Balaban J connectivity index is 1.83. The van der Waals surface area contributed by atoms with Crippen LogP contribution in [0.2, 0.25) is 0 Å². The van der Waals surface area contributed by atoms with Crippen molar-refractivity contribution in [1.82, 2.24) is 4.98 Å². The highest BCUT2D eigenvalue weighted by molar-refractivity contribution is 5.96. The highest BCUT2D eigenvalue weighted by Gasteiger charge is 2.15. The summed E-state index contributed by atoms with van der Waals surface area (Å²) in [5.74, 6) is 1.43. The maximum atomic E-state index is 9.46. The molecule has 0 atom stereocenters. The van der Waals surface area contributed by atoms with Crippen molar-refractivity contribution in [3.63, 3.8) is 0 Å². The van der Waals surface area contributed by atoms with Crippen LogP contribution in [0.1, 0.15) is 18.1 Å². The number of fused-ring (bicyclic) bond motifs is 2. The Hall–Kier alpha value is -3.26. The monoisotopic (exact) mass is 317 g/mol. The van der Waals surface area contributed by atoms with Gasteiger partial charge in [-0.15, -0.1) is 0 Å². The molecule has 5 nitrogen and oxygen atoms in total. The van der Waals surface area contributed by atoms with E-state index < -0.39 is 0 Å². The molecular weight excluding hydrogens is 302 g/mol. The Morgan fingerprint density at radius 2 is 2.04 bits per heavy atom. The molecule has 5 heteroatoms. The molecular formula is C19H15N3O2. The molecule has 0 bridgehead atoms. The number of aromatic nitrogens is 1. The van der Waals surface area contributed by atoms with E-state index in [1.165, 1.54) is 5.56 Å². The van der Waals surface area contributed by atoms with E-state index in [0.29, 0.717) is 11.3 Å². The Morgan fingerprint density at radius 3 is 2.88 bits per heavy atom. The molecule has 0 saturated heterocycles. The molecule has 0 saturated carbocycles. The number of rotatable bonds is 3. The zero-order chi connectivity index (χ0) is 16.5. The Labute approximate surface area is 139 Å². The van der Waals surface area contributed by atoms with Crippen molar-refractivity contribution in [2.75, 3.05) is 12.1 Å². The van der Waals surface area contributed by atoms with E-state index in [0.717, 1.165) is 34.4 Å². The van der Waals surface area contributed by atoms with E-state index in [-0.39, 0.29) is 6.79 Å². The number of nitriles is 1. The van der Waals surface area contributed by atoms with E-state index in [9.17, 15) is 5.26 Å². The molecule has 0 amide bonds. The van der Waals surface area contributed by atoms with Gasteiger partial charge in [0.15, 0.2) is 11.5 Å². The largest absolute Gasteiger partial charge is 0.454 e. The molecule has 1 aliphatic heterocycles. The van der Waals surface area contributed by atoms with Crippen molar-refractivity contribution in [2.24, 2.45) is 0 Å². The third kappa shape index (κ3) is 2.38. The Morgan fingerprint density at radius 1 is 1.17 bits per heavy atom. The molecule has 2 aromatic carbocycles. The van der Waals surface area contributed by atoms with E-state index in [1.807, 2.05) is 24.3 Å². The van der Waals surface area contributed by atoms with Crippen LogP contribution in [0.5, 0.6) is 11.5 Å². The van der Waals surface area contributed by atoms with Crippen LogP contribution in [0.4, 0.5) is 11.4 Å². The molecule has 24 heavy (non-hydrogen) atoms. The normalized spacial score (nSPS) is 12.2. The number of anilines is 2. The van der Waals surface area contributed by atoms with Crippen LogP contribution in [0, 0.1) is 11.3 Å². The fourth-order valence-corrected chi connectivity index (χ4v) is 2.80. The summed E-state index contributed by atoms with van der Waals surface area (Å²) in [6.07, 6.45) is 2.53. The number of nitrogens with zero attached hydrogens (tertiary/aromatic N) is 2. The van der Waals surface area contributed by atoms with Crippen molar-refractivity contribution < 1.29 is 9.47 Å². The summed E-state index contributed by atoms with van der Waals surface area (Å²) in [6, 6.07) is 14.0. The molecule has 1 N–H and O–H groups in total. The molecule has 4 rings (SSSR count). The zero-order valence-electron chi connectivity index (χ0n) is 13.2. The number of hydrogen-bond donors (Lipinski definition) is 1. The van der Waals surface area contributed by atoms with Crippen LogP contribution in [0.25, 0.3) is 10.9 Å². The standard InChI is InChI=1S/C19H15N3O2/c1-2-12-3-5-16-15(7-12)19(13(9-20)10-21-16)22-14-4-6-17-18(8-14)24-11-23-17/h3-8,10H,2,11H2,1H3,(H,21,22). The first-order valence-electron chi connectivity index (χ1n) is 7.77. The van der Waals surface area contributed by atoms with Crippen molar-refractivity contribution in [1.29, 1.82) is 5.26 Å². The fraction of sp³-hybridized carbons (Fsp3) is 0.158. The number of pyridine rings is 1. The average Bonchev–Trinajstić information content (AvgIpc) is 3.09.